The van der Waals surface area contributed by atoms with E-state index in [1.807, 2.05) is 6.92 Å². The molecule has 0 radical (unpaired) electrons. The highest BCUT2D eigenvalue weighted by molar-refractivity contribution is 5.91. The summed E-state index contributed by atoms with van der Waals surface area (Å²) < 4.78 is 44.2. The lowest BCUT2D eigenvalue weighted by molar-refractivity contribution is -0.137. The monoisotopic (exact) mass is 504 g/mol. The molecule has 1 aliphatic rings. The molecule has 3 aromatic heterocycles. The van der Waals surface area contributed by atoms with E-state index in [0.29, 0.717) is 62.7 Å². The molecule has 10 nitrogen and oxygen atoms in total. The Kier molecular flexibility index (Phi) is 9.09. The third-order valence-electron chi connectivity index (χ3n) is 5.77. The minimum absolute atomic E-state index is 0.0264. The van der Waals surface area contributed by atoms with Crippen LogP contribution in [0.2, 0.25) is 0 Å². The zero-order chi connectivity index (χ0) is 25.3. The molecule has 1 fully saturated rings. The number of ether oxygens (including phenoxy) is 3. The maximum absolute atomic E-state index is 14.5. The number of amides is 1. The summed E-state index contributed by atoms with van der Waals surface area (Å²) >= 11 is 0. The molecule has 0 saturated carbocycles. The number of fused-ring (bicyclic) bond motifs is 1. The maximum Gasteiger partial charge on any atom is 0.248 e. The Bertz CT molecular complexity index is 1160. The SMILES string of the molecule is CCOCCOCCOCC(=O)N1CCC[C@H](Nc2nc(-c3c[nH]c4ncc(F)cc34)ncc2F)C1. The number of aromatic amines is 1. The van der Waals surface area contributed by atoms with E-state index in [1.165, 1.54) is 6.07 Å². The number of nitrogens with one attached hydrogen (secondary N) is 2. The Morgan fingerprint density at radius 2 is 1.97 bits per heavy atom. The van der Waals surface area contributed by atoms with Gasteiger partial charge in [0.2, 0.25) is 5.91 Å². The molecule has 36 heavy (non-hydrogen) atoms. The summed E-state index contributed by atoms with van der Waals surface area (Å²) in [4.78, 5) is 29.6. The number of pyridine rings is 1. The number of likely N-dealkylation sites (tertiary alicyclic amines) is 1. The summed E-state index contributed by atoms with van der Waals surface area (Å²) in [5.41, 5.74) is 0.995. The molecule has 3 aromatic rings. The van der Waals surface area contributed by atoms with E-state index in [9.17, 15) is 13.6 Å². The van der Waals surface area contributed by atoms with Gasteiger partial charge in [-0.25, -0.2) is 23.7 Å². The van der Waals surface area contributed by atoms with Crippen LogP contribution in [-0.2, 0) is 19.0 Å². The van der Waals surface area contributed by atoms with E-state index in [2.05, 4.69) is 25.3 Å². The molecule has 1 amide bonds. The molecule has 4 heterocycles. The van der Waals surface area contributed by atoms with Crippen molar-refractivity contribution >= 4 is 22.8 Å². The Morgan fingerprint density at radius 3 is 2.81 bits per heavy atom. The largest absolute Gasteiger partial charge is 0.379 e. The van der Waals surface area contributed by atoms with Gasteiger partial charge in [-0.3, -0.25) is 4.79 Å². The predicted molar refractivity (Wildman–Crippen MR) is 128 cm³/mol. The molecule has 2 N–H and O–H groups in total. The minimum atomic E-state index is -0.612. The number of anilines is 1. The first-order valence-electron chi connectivity index (χ1n) is 12.0. The van der Waals surface area contributed by atoms with Crippen molar-refractivity contribution in [2.24, 2.45) is 0 Å². The summed E-state index contributed by atoms with van der Waals surface area (Å²) in [6, 6.07) is 1.14. The maximum atomic E-state index is 14.5. The highest BCUT2D eigenvalue weighted by Gasteiger charge is 2.25. The highest BCUT2D eigenvalue weighted by atomic mass is 19.1. The van der Waals surface area contributed by atoms with Crippen LogP contribution in [0, 0.1) is 11.6 Å². The second kappa shape index (κ2) is 12.7. The number of H-pyrrole nitrogens is 1. The molecule has 1 aliphatic heterocycles. The summed E-state index contributed by atoms with van der Waals surface area (Å²) in [6.45, 7) is 5.25. The molecule has 0 aromatic carbocycles. The fraction of sp³-hybridized carbons (Fsp3) is 0.500. The van der Waals surface area contributed by atoms with Crippen LogP contribution in [0.1, 0.15) is 19.8 Å². The van der Waals surface area contributed by atoms with Crippen molar-refractivity contribution in [3.63, 3.8) is 0 Å². The van der Waals surface area contributed by atoms with Crippen LogP contribution in [-0.4, -0.2) is 89.5 Å². The Balaban J connectivity index is 1.31. The topological polar surface area (TPSA) is 114 Å². The van der Waals surface area contributed by atoms with Crippen molar-refractivity contribution in [3.05, 3.63) is 36.3 Å². The third kappa shape index (κ3) is 6.71. The molecule has 0 aliphatic carbocycles. The van der Waals surface area contributed by atoms with Gasteiger partial charge in [0.05, 0.1) is 38.8 Å². The van der Waals surface area contributed by atoms with Crippen molar-refractivity contribution in [1.82, 2.24) is 24.8 Å². The van der Waals surface area contributed by atoms with E-state index in [-0.39, 0.29) is 30.2 Å². The number of nitrogens with zero attached hydrogens (tertiary/aromatic N) is 4. The lowest BCUT2D eigenvalue weighted by Gasteiger charge is -2.33. The molecule has 0 bridgehead atoms. The zero-order valence-corrected chi connectivity index (χ0v) is 20.1. The second-order valence-electron chi connectivity index (χ2n) is 8.33. The minimum Gasteiger partial charge on any atom is -0.379 e. The molecule has 0 spiro atoms. The van der Waals surface area contributed by atoms with Gasteiger partial charge >= 0.3 is 0 Å². The van der Waals surface area contributed by atoms with Crippen molar-refractivity contribution in [2.45, 2.75) is 25.8 Å². The molecule has 1 saturated heterocycles. The summed E-state index contributed by atoms with van der Waals surface area (Å²) in [5.74, 6) is -0.975. The number of carbonyl (C=O) groups is 1. The van der Waals surface area contributed by atoms with Gasteiger partial charge in [0, 0.05) is 42.9 Å². The average Bonchev–Trinajstić information content (AvgIpc) is 3.30. The first-order chi connectivity index (χ1) is 17.5. The fourth-order valence-electron chi connectivity index (χ4n) is 4.01. The van der Waals surface area contributed by atoms with Gasteiger partial charge in [0.1, 0.15) is 18.1 Å². The first kappa shape index (κ1) is 25.9. The summed E-state index contributed by atoms with van der Waals surface area (Å²) in [6.07, 6.45) is 5.31. The van der Waals surface area contributed by atoms with Gasteiger partial charge < -0.3 is 29.4 Å². The molecular weight excluding hydrogens is 474 g/mol. The van der Waals surface area contributed by atoms with Gasteiger partial charge in [0.15, 0.2) is 17.5 Å². The van der Waals surface area contributed by atoms with E-state index < -0.39 is 11.6 Å². The van der Waals surface area contributed by atoms with Crippen LogP contribution in [0.5, 0.6) is 0 Å². The molecule has 12 heteroatoms. The van der Waals surface area contributed by atoms with E-state index in [0.717, 1.165) is 25.2 Å². The Morgan fingerprint density at radius 1 is 1.17 bits per heavy atom. The molecule has 194 valence electrons. The second-order valence-corrected chi connectivity index (χ2v) is 8.33. The van der Waals surface area contributed by atoms with Crippen molar-refractivity contribution < 1.29 is 27.8 Å². The van der Waals surface area contributed by atoms with Crippen molar-refractivity contribution in [2.75, 3.05) is 58.0 Å². The summed E-state index contributed by atoms with van der Waals surface area (Å²) in [5, 5.41) is 3.61. The predicted octanol–water partition coefficient (Wildman–Crippen LogP) is 2.77. The zero-order valence-electron chi connectivity index (χ0n) is 20.1. The van der Waals surface area contributed by atoms with Gasteiger partial charge in [0.25, 0.3) is 0 Å². The van der Waals surface area contributed by atoms with Gasteiger partial charge in [-0.2, -0.15) is 0 Å². The molecular formula is C24H30F2N6O4. The Labute approximate surface area is 207 Å². The van der Waals surface area contributed by atoms with E-state index in [1.54, 1.807) is 11.1 Å². The van der Waals surface area contributed by atoms with Crippen LogP contribution in [0.4, 0.5) is 14.6 Å². The number of aromatic nitrogens is 4. The van der Waals surface area contributed by atoms with Crippen LogP contribution in [0.3, 0.4) is 0 Å². The number of piperidine rings is 1. The van der Waals surface area contributed by atoms with Gasteiger partial charge in [-0.05, 0) is 25.8 Å². The van der Waals surface area contributed by atoms with Crippen molar-refractivity contribution in [1.29, 1.82) is 0 Å². The van der Waals surface area contributed by atoms with Crippen LogP contribution < -0.4 is 5.32 Å². The van der Waals surface area contributed by atoms with Gasteiger partial charge in [-0.15, -0.1) is 0 Å². The lowest BCUT2D eigenvalue weighted by Crippen LogP contribution is -2.46. The average molecular weight is 505 g/mol. The van der Waals surface area contributed by atoms with Gasteiger partial charge in [-0.1, -0.05) is 0 Å². The number of hydrogen-bond donors (Lipinski definition) is 2. The third-order valence-corrected chi connectivity index (χ3v) is 5.77. The quantitative estimate of drug-likeness (QED) is 0.362. The highest BCUT2D eigenvalue weighted by Crippen LogP contribution is 2.27. The van der Waals surface area contributed by atoms with E-state index in [4.69, 9.17) is 14.2 Å². The molecule has 1 atom stereocenters. The lowest BCUT2D eigenvalue weighted by atomic mass is 10.1. The number of carbonyl (C=O) groups excluding carboxylic acids is 1. The molecule has 0 unspecified atom stereocenters. The smallest absolute Gasteiger partial charge is 0.248 e. The van der Waals surface area contributed by atoms with E-state index >= 15 is 0 Å². The van der Waals surface area contributed by atoms with Crippen LogP contribution >= 0.6 is 0 Å². The number of halogens is 2. The fourth-order valence-corrected chi connectivity index (χ4v) is 4.01. The first-order valence-corrected chi connectivity index (χ1v) is 12.0. The standard InChI is InChI=1S/C24H30F2N6O4/c1-2-34-6-7-35-8-9-36-15-21(33)32-5-3-4-17(14-32)30-24-20(26)13-29-23(31-24)19-12-28-22-18(19)10-16(25)11-27-22/h10-13,17H,2-9,14-15H2,1H3,(H,27,28)(H,29,30,31)/t17-/m0/s1. The molecule has 4 rings (SSSR count). The van der Waals surface area contributed by atoms with Crippen LogP contribution in [0.15, 0.2) is 24.7 Å². The van der Waals surface area contributed by atoms with Crippen LogP contribution in [0.25, 0.3) is 22.4 Å². The number of rotatable bonds is 12. The Hall–Kier alpha value is -3.22. The summed E-state index contributed by atoms with van der Waals surface area (Å²) in [7, 11) is 0. The number of hydrogen-bond acceptors (Lipinski definition) is 8. The van der Waals surface area contributed by atoms with Crippen molar-refractivity contribution in [3.8, 4) is 11.4 Å². The normalized spacial score (nSPS) is 16.0.